The van der Waals surface area contributed by atoms with E-state index in [0.29, 0.717) is 18.5 Å². The predicted molar refractivity (Wildman–Crippen MR) is 74.3 cm³/mol. The molecule has 4 heteroatoms. The van der Waals surface area contributed by atoms with Crippen molar-refractivity contribution in [2.45, 2.75) is 44.9 Å². The van der Waals surface area contributed by atoms with Gasteiger partial charge in [-0.3, -0.25) is 4.79 Å². The third-order valence-electron chi connectivity index (χ3n) is 4.24. The zero-order valence-electron chi connectivity index (χ0n) is 11.6. The highest BCUT2D eigenvalue weighted by Gasteiger charge is 2.32. The van der Waals surface area contributed by atoms with Crippen LogP contribution in [-0.4, -0.2) is 12.3 Å². The molecule has 20 heavy (non-hydrogen) atoms. The lowest BCUT2D eigenvalue weighted by atomic mass is 9.70. The molecule has 1 aliphatic rings. The average Bonchev–Trinajstić information content (AvgIpc) is 2.38. The minimum absolute atomic E-state index is 0.0161. The Kier molecular flexibility index (Phi) is 4.86. The van der Waals surface area contributed by atoms with Crippen molar-refractivity contribution in [1.82, 2.24) is 0 Å². The van der Waals surface area contributed by atoms with Crippen molar-refractivity contribution >= 4 is 5.78 Å². The van der Waals surface area contributed by atoms with Crippen LogP contribution < -0.4 is 5.73 Å². The van der Waals surface area contributed by atoms with Gasteiger partial charge in [-0.2, -0.15) is 0 Å². The zero-order chi connectivity index (χ0) is 14.6. The van der Waals surface area contributed by atoms with Crippen molar-refractivity contribution < 1.29 is 13.6 Å². The minimum atomic E-state index is -0.640. The van der Waals surface area contributed by atoms with E-state index in [2.05, 4.69) is 0 Å². The zero-order valence-corrected chi connectivity index (χ0v) is 11.6. The summed E-state index contributed by atoms with van der Waals surface area (Å²) < 4.78 is 26.2. The van der Waals surface area contributed by atoms with Crippen molar-refractivity contribution in [3.63, 3.8) is 0 Å². The molecule has 0 amide bonds. The lowest BCUT2D eigenvalue weighted by molar-refractivity contribution is -0.121. The maximum absolute atomic E-state index is 13.1. The van der Waals surface area contributed by atoms with Gasteiger partial charge in [0.2, 0.25) is 0 Å². The maximum atomic E-state index is 13.1. The third-order valence-corrected chi connectivity index (χ3v) is 4.24. The summed E-state index contributed by atoms with van der Waals surface area (Å²) in [5, 5.41) is 0. The van der Waals surface area contributed by atoms with Gasteiger partial charge >= 0.3 is 0 Å². The van der Waals surface area contributed by atoms with Crippen molar-refractivity contribution in [2.75, 3.05) is 6.54 Å². The molecule has 0 atom stereocenters. The van der Waals surface area contributed by atoms with E-state index in [9.17, 15) is 13.6 Å². The van der Waals surface area contributed by atoms with Gasteiger partial charge in [0.25, 0.3) is 0 Å². The Morgan fingerprint density at radius 1 is 1.10 bits per heavy atom. The third kappa shape index (κ3) is 3.85. The molecule has 0 bridgehead atoms. The molecule has 0 radical (unpaired) electrons. The number of ketones is 1. The Morgan fingerprint density at radius 3 is 2.25 bits per heavy atom. The van der Waals surface area contributed by atoms with E-state index in [0.717, 1.165) is 31.7 Å². The molecule has 1 aliphatic carbocycles. The molecule has 2 N–H and O–H groups in total. The van der Waals surface area contributed by atoms with Gasteiger partial charge in [0.15, 0.2) is 0 Å². The molecule has 0 spiro atoms. The summed E-state index contributed by atoms with van der Waals surface area (Å²) in [6.45, 7) is 0.510. The highest BCUT2D eigenvalue weighted by atomic mass is 19.1. The summed E-state index contributed by atoms with van der Waals surface area (Å²) in [5.41, 5.74) is 6.16. The van der Waals surface area contributed by atoms with Crippen molar-refractivity contribution in [3.8, 4) is 0 Å². The number of hydrogen-bond acceptors (Lipinski definition) is 2. The number of carbonyl (C=O) groups is 1. The maximum Gasteiger partial charge on any atom is 0.137 e. The smallest absolute Gasteiger partial charge is 0.137 e. The van der Waals surface area contributed by atoms with Crippen molar-refractivity contribution in [3.05, 3.63) is 35.4 Å². The lowest BCUT2D eigenvalue weighted by Crippen LogP contribution is -2.35. The molecular formula is C16H21F2NO. The van der Waals surface area contributed by atoms with Gasteiger partial charge in [-0.15, -0.1) is 0 Å². The molecule has 0 heterocycles. The fourth-order valence-electron chi connectivity index (χ4n) is 3.18. The fraction of sp³-hybridized carbons (Fsp3) is 0.562. The van der Waals surface area contributed by atoms with Crippen LogP contribution in [-0.2, 0) is 11.2 Å². The number of halogens is 2. The second-order valence-corrected chi connectivity index (χ2v) is 5.93. The number of nitrogens with two attached hydrogens (primary N) is 1. The predicted octanol–water partition coefficient (Wildman–Crippen LogP) is 3.38. The summed E-state index contributed by atoms with van der Waals surface area (Å²) in [6, 6.07) is 3.25. The monoisotopic (exact) mass is 281 g/mol. The molecule has 0 aromatic heterocycles. The molecule has 0 aliphatic heterocycles. The molecule has 0 unspecified atom stereocenters. The number of rotatable bonds is 5. The molecule has 1 fully saturated rings. The number of benzene rings is 1. The Hall–Kier alpha value is -1.29. The van der Waals surface area contributed by atoms with E-state index < -0.39 is 11.6 Å². The Balaban J connectivity index is 2.00. The molecule has 1 saturated carbocycles. The van der Waals surface area contributed by atoms with Gasteiger partial charge in [-0.25, -0.2) is 8.78 Å². The van der Waals surface area contributed by atoms with Crippen LogP contribution in [0.2, 0.25) is 0 Å². The van der Waals surface area contributed by atoms with Gasteiger partial charge in [0.05, 0.1) is 0 Å². The molecule has 0 saturated heterocycles. The van der Waals surface area contributed by atoms with Crippen molar-refractivity contribution in [2.24, 2.45) is 11.1 Å². The number of Topliss-reactive ketones (excluding diaryl/α,β-unsaturated/α-hetero) is 1. The van der Waals surface area contributed by atoms with E-state index >= 15 is 0 Å². The molecule has 110 valence electrons. The highest BCUT2D eigenvalue weighted by molar-refractivity contribution is 5.81. The largest absolute Gasteiger partial charge is 0.330 e. The van der Waals surface area contributed by atoms with Gasteiger partial charge in [-0.05, 0) is 42.5 Å². The number of hydrogen-bond donors (Lipinski definition) is 1. The molecule has 1 aromatic carbocycles. The highest BCUT2D eigenvalue weighted by Crippen LogP contribution is 2.38. The van der Waals surface area contributed by atoms with Gasteiger partial charge in [0, 0.05) is 18.9 Å². The second kappa shape index (κ2) is 6.44. The van der Waals surface area contributed by atoms with E-state index in [-0.39, 0.29) is 17.6 Å². The fourth-order valence-corrected chi connectivity index (χ4v) is 3.18. The first-order chi connectivity index (χ1) is 9.53. The summed E-state index contributed by atoms with van der Waals surface area (Å²) in [4.78, 5) is 12.2. The normalized spacial score (nSPS) is 17.9. The first-order valence-corrected chi connectivity index (χ1v) is 7.20. The first kappa shape index (κ1) is 15.1. The minimum Gasteiger partial charge on any atom is -0.330 e. The van der Waals surface area contributed by atoms with Crippen LogP contribution in [0.25, 0.3) is 0 Å². The van der Waals surface area contributed by atoms with Crippen LogP contribution in [0.5, 0.6) is 0 Å². The first-order valence-electron chi connectivity index (χ1n) is 7.20. The Morgan fingerprint density at radius 2 is 1.70 bits per heavy atom. The summed E-state index contributed by atoms with van der Waals surface area (Å²) >= 11 is 0. The van der Waals surface area contributed by atoms with Gasteiger partial charge < -0.3 is 5.73 Å². The summed E-state index contributed by atoms with van der Waals surface area (Å²) in [5.74, 6) is -1.26. The standard InChI is InChI=1S/C16H21F2NO/c17-13-6-12(7-14(18)9-13)8-15(20)10-16(11-19)4-2-1-3-5-16/h6-7,9H,1-5,8,10-11,19H2. The Labute approximate surface area is 118 Å². The van der Waals surface area contributed by atoms with E-state index in [1.807, 2.05) is 0 Å². The average molecular weight is 281 g/mol. The Bertz CT molecular complexity index is 461. The van der Waals surface area contributed by atoms with Crippen LogP contribution in [0, 0.1) is 17.0 Å². The van der Waals surface area contributed by atoms with Crippen LogP contribution in [0.15, 0.2) is 18.2 Å². The van der Waals surface area contributed by atoms with Gasteiger partial charge in [-0.1, -0.05) is 19.3 Å². The topological polar surface area (TPSA) is 43.1 Å². The van der Waals surface area contributed by atoms with Crippen LogP contribution >= 0.6 is 0 Å². The quantitative estimate of drug-likeness (QED) is 0.899. The van der Waals surface area contributed by atoms with E-state index in [1.165, 1.54) is 18.6 Å². The van der Waals surface area contributed by atoms with Crippen LogP contribution in [0.1, 0.15) is 44.1 Å². The summed E-state index contributed by atoms with van der Waals surface area (Å²) in [7, 11) is 0. The van der Waals surface area contributed by atoms with E-state index in [1.54, 1.807) is 0 Å². The van der Waals surface area contributed by atoms with Gasteiger partial charge in [0.1, 0.15) is 17.4 Å². The summed E-state index contributed by atoms with van der Waals surface area (Å²) in [6.07, 6.45) is 5.88. The second-order valence-electron chi connectivity index (χ2n) is 5.93. The SMILES string of the molecule is NCC1(CC(=O)Cc2cc(F)cc(F)c2)CCCCC1. The van der Waals surface area contributed by atoms with Crippen LogP contribution in [0.3, 0.4) is 0 Å². The molecule has 2 nitrogen and oxygen atoms in total. The lowest BCUT2D eigenvalue weighted by Gasteiger charge is -2.35. The number of carbonyl (C=O) groups excluding carboxylic acids is 1. The molecular weight excluding hydrogens is 260 g/mol. The van der Waals surface area contributed by atoms with Crippen LogP contribution in [0.4, 0.5) is 8.78 Å². The molecule has 1 aromatic rings. The van der Waals surface area contributed by atoms with Crippen molar-refractivity contribution in [1.29, 1.82) is 0 Å². The molecule has 2 rings (SSSR count). The van der Waals surface area contributed by atoms with E-state index in [4.69, 9.17) is 5.73 Å².